The van der Waals surface area contributed by atoms with Crippen LogP contribution in [0.2, 0.25) is 0 Å². The molecule has 0 N–H and O–H groups in total. The van der Waals surface area contributed by atoms with Crippen LogP contribution in [0.5, 0.6) is 5.75 Å². The summed E-state index contributed by atoms with van der Waals surface area (Å²) < 4.78 is 5.82. The van der Waals surface area contributed by atoms with Crippen LogP contribution in [0.25, 0.3) is 0 Å². The maximum Gasteiger partial charge on any atom is 0.223 e. The summed E-state index contributed by atoms with van der Waals surface area (Å²) in [6.45, 7) is 7.85. The summed E-state index contributed by atoms with van der Waals surface area (Å²) in [4.78, 5) is 18.7. The molecule has 4 nitrogen and oxygen atoms in total. The van der Waals surface area contributed by atoms with E-state index < -0.39 is 0 Å². The van der Waals surface area contributed by atoms with Crippen molar-refractivity contribution in [2.75, 3.05) is 6.61 Å². The minimum absolute atomic E-state index is 0.145. The topological polar surface area (TPSA) is 42.4 Å². The molecule has 0 atom stereocenters. The minimum Gasteiger partial charge on any atom is -0.494 e. The number of nitrogens with zero attached hydrogens (tertiary/aromatic N) is 2. The van der Waals surface area contributed by atoms with Crippen LogP contribution >= 0.6 is 0 Å². The van der Waals surface area contributed by atoms with Gasteiger partial charge in [-0.2, -0.15) is 0 Å². The van der Waals surface area contributed by atoms with Gasteiger partial charge in [0.1, 0.15) is 5.75 Å². The number of hydrogen-bond acceptors (Lipinski definition) is 3. The van der Waals surface area contributed by atoms with Gasteiger partial charge in [0.2, 0.25) is 5.91 Å². The van der Waals surface area contributed by atoms with Gasteiger partial charge in [0.15, 0.2) is 0 Å². The van der Waals surface area contributed by atoms with Crippen LogP contribution in [0.3, 0.4) is 0 Å². The summed E-state index contributed by atoms with van der Waals surface area (Å²) in [5.74, 6) is 1.09. The molecule has 0 bridgehead atoms. The first kappa shape index (κ1) is 19.4. The number of carbonyl (C=O) groups excluding carboxylic acids is 1. The summed E-state index contributed by atoms with van der Waals surface area (Å²) in [5, 5.41) is 0. The zero-order valence-electron chi connectivity index (χ0n) is 16.6. The highest BCUT2D eigenvalue weighted by molar-refractivity contribution is 5.76. The lowest BCUT2D eigenvalue weighted by atomic mass is 9.87. The maximum atomic E-state index is 12.7. The lowest BCUT2D eigenvalue weighted by molar-refractivity contribution is -0.132. The van der Waals surface area contributed by atoms with Gasteiger partial charge in [-0.25, -0.2) is 0 Å². The van der Waals surface area contributed by atoms with E-state index in [2.05, 4.69) is 37.9 Å². The summed E-state index contributed by atoms with van der Waals surface area (Å²) >= 11 is 0. The molecule has 0 aliphatic heterocycles. The lowest BCUT2D eigenvalue weighted by Gasteiger charge is -2.22. The Hall–Kier alpha value is -2.36. The first-order valence-electron chi connectivity index (χ1n) is 9.85. The third-order valence-electron chi connectivity index (χ3n) is 4.93. The molecule has 4 heteroatoms. The summed E-state index contributed by atoms with van der Waals surface area (Å²) in [5.41, 5.74) is 2.58. The van der Waals surface area contributed by atoms with Crippen molar-refractivity contribution in [2.24, 2.45) is 0 Å². The van der Waals surface area contributed by atoms with Gasteiger partial charge in [-0.1, -0.05) is 32.9 Å². The second-order valence-electron chi connectivity index (χ2n) is 8.33. The molecule has 144 valence electrons. The first-order chi connectivity index (χ1) is 12.9. The van der Waals surface area contributed by atoms with E-state index in [1.807, 2.05) is 29.2 Å². The van der Waals surface area contributed by atoms with Crippen molar-refractivity contribution >= 4 is 5.91 Å². The van der Waals surface area contributed by atoms with E-state index in [0.29, 0.717) is 25.6 Å². The van der Waals surface area contributed by atoms with Crippen LogP contribution < -0.4 is 4.74 Å². The Morgan fingerprint density at radius 1 is 1.11 bits per heavy atom. The number of hydrogen-bond donors (Lipinski definition) is 0. The molecule has 2 aromatic rings. The summed E-state index contributed by atoms with van der Waals surface area (Å²) in [6, 6.07) is 12.6. The highest BCUT2D eigenvalue weighted by Gasteiger charge is 2.32. The zero-order valence-corrected chi connectivity index (χ0v) is 16.6. The normalized spacial score (nSPS) is 14.0. The molecule has 27 heavy (non-hydrogen) atoms. The number of ether oxygens (including phenoxy) is 1. The molecule has 1 fully saturated rings. The van der Waals surface area contributed by atoms with Crippen LogP contribution in [-0.4, -0.2) is 28.4 Å². The fourth-order valence-electron chi connectivity index (χ4n) is 3.10. The Bertz CT molecular complexity index is 731. The van der Waals surface area contributed by atoms with Gasteiger partial charge < -0.3 is 9.64 Å². The van der Waals surface area contributed by atoms with Crippen molar-refractivity contribution in [3.8, 4) is 5.75 Å². The van der Waals surface area contributed by atoms with Crippen molar-refractivity contribution in [2.45, 2.75) is 64.5 Å². The van der Waals surface area contributed by atoms with E-state index in [4.69, 9.17) is 4.74 Å². The zero-order chi connectivity index (χ0) is 19.3. The molecule has 1 aliphatic carbocycles. The second-order valence-corrected chi connectivity index (χ2v) is 8.33. The van der Waals surface area contributed by atoms with Crippen molar-refractivity contribution in [3.05, 3.63) is 59.9 Å². The molecule has 0 unspecified atom stereocenters. The molecule has 0 saturated heterocycles. The third kappa shape index (κ3) is 5.81. The van der Waals surface area contributed by atoms with Crippen molar-refractivity contribution in [3.63, 3.8) is 0 Å². The molecular weight excluding hydrogens is 336 g/mol. The van der Waals surface area contributed by atoms with Crippen LogP contribution in [0.15, 0.2) is 48.8 Å². The van der Waals surface area contributed by atoms with Gasteiger partial charge in [0, 0.05) is 31.4 Å². The number of amides is 1. The Morgan fingerprint density at radius 2 is 1.78 bits per heavy atom. The number of aromatic nitrogens is 1. The van der Waals surface area contributed by atoms with Gasteiger partial charge in [0.05, 0.1) is 6.61 Å². The van der Waals surface area contributed by atoms with Crippen LogP contribution in [-0.2, 0) is 16.8 Å². The van der Waals surface area contributed by atoms with Gasteiger partial charge in [-0.3, -0.25) is 9.78 Å². The van der Waals surface area contributed by atoms with Crippen molar-refractivity contribution < 1.29 is 9.53 Å². The maximum absolute atomic E-state index is 12.7. The van der Waals surface area contributed by atoms with Crippen molar-refractivity contribution in [1.29, 1.82) is 0 Å². The van der Waals surface area contributed by atoms with Gasteiger partial charge in [-0.15, -0.1) is 0 Å². The number of carbonyl (C=O) groups is 1. The quantitative estimate of drug-likeness (QED) is 0.634. The van der Waals surface area contributed by atoms with Crippen LogP contribution in [0, 0.1) is 0 Å². The second kappa shape index (κ2) is 8.55. The monoisotopic (exact) mass is 366 g/mol. The largest absolute Gasteiger partial charge is 0.494 e. The lowest BCUT2D eigenvalue weighted by Crippen LogP contribution is -2.32. The Labute approximate surface area is 162 Å². The highest BCUT2D eigenvalue weighted by atomic mass is 16.5. The fourth-order valence-corrected chi connectivity index (χ4v) is 3.10. The minimum atomic E-state index is 0.145. The third-order valence-corrected chi connectivity index (χ3v) is 4.93. The predicted molar refractivity (Wildman–Crippen MR) is 108 cm³/mol. The molecule has 0 radical (unpaired) electrons. The molecule has 1 aromatic carbocycles. The SMILES string of the molecule is CC(C)(C)c1ccc(OCCCC(=O)N(Cc2ccncc2)C2CC2)cc1. The van der Waals surface area contributed by atoms with E-state index in [9.17, 15) is 4.79 Å². The average molecular weight is 367 g/mol. The first-order valence-corrected chi connectivity index (χ1v) is 9.85. The summed E-state index contributed by atoms with van der Waals surface area (Å²) in [6.07, 6.45) is 7.06. The Balaban J connectivity index is 1.44. The average Bonchev–Trinajstić information content (AvgIpc) is 3.48. The van der Waals surface area contributed by atoms with Crippen LogP contribution in [0.4, 0.5) is 0 Å². The number of rotatable bonds is 8. The summed E-state index contributed by atoms with van der Waals surface area (Å²) in [7, 11) is 0. The standard InChI is InChI=1S/C23H30N2O2/c1-23(2,3)19-6-10-21(11-7-19)27-16-4-5-22(26)25(20-8-9-20)17-18-12-14-24-15-13-18/h6-7,10-15,20H,4-5,8-9,16-17H2,1-3H3. The van der Waals surface area contributed by atoms with E-state index in [-0.39, 0.29) is 11.3 Å². The van der Waals surface area contributed by atoms with Crippen LogP contribution in [0.1, 0.15) is 57.6 Å². The molecule has 1 saturated carbocycles. The Kier molecular flexibility index (Phi) is 6.15. The van der Waals surface area contributed by atoms with E-state index in [1.165, 1.54) is 5.56 Å². The molecule has 1 amide bonds. The predicted octanol–water partition coefficient (Wildman–Crippen LogP) is 4.73. The highest BCUT2D eigenvalue weighted by Crippen LogP contribution is 2.29. The number of pyridine rings is 1. The fraction of sp³-hybridized carbons (Fsp3) is 0.478. The number of benzene rings is 1. The van der Waals surface area contributed by atoms with E-state index in [0.717, 1.165) is 30.6 Å². The Morgan fingerprint density at radius 3 is 2.37 bits per heavy atom. The molecule has 1 heterocycles. The molecular formula is C23H30N2O2. The van der Waals surface area contributed by atoms with Gasteiger partial charge >= 0.3 is 0 Å². The van der Waals surface area contributed by atoms with Gasteiger partial charge in [0.25, 0.3) is 0 Å². The molecule has 0 spiro atoms. The smallest absolute Gasteiger partial charge is 0.223 e. The van der Waals surface area contributed by atoms with Gasteiger partial charge in [-0.05, 0) is 60.1 Å². The molecule has 3 rings (SSSR count). The molecule has 1 aliphatic rings. The van der Waals surface area contributed by atoms with E-state index >= 15 is 0 Å². The van der Waals surface area contributed by atoms with E-state index in [1.54, 1.807) is 12.4 Å². The molecule has 1 aromatic heterocycles. The van der Waals surface area contributed by atoms with Crippen molar-refractivity contribution in [1.82, 2.24) is 9.88 Å².